The number of sulfonamides is 1. The van der Waals surface area contributed by atoms with Crippen molar-refractivity contribution in [3.8, 4) is 17.2 Å². The quantitative estimate of drug-likeness (QED) is 0.494. The lowest BCUT2D eigenvalue weighted by molar-refractivity contribution is 0.0950. The van der Waals surface area contributed by atoms with E-state index in [0.717, 1.165) is 5.56 Å². The SMILES string of the molecule is COc1ccc(NS(=O)(=O)c2cc(C(=O)NCc3cccc(OC)c3OC)ccc2C)cc1. The van der Waals surface area contributed by atoms with Crippen molar-refractivity contribution in [2.75, 3.05) is 26.1 Å². The van der Waals surface area contributed by atoms with Crippen LogP contribution in [0.2, 0.25) is 0 Å². The molecule has 9 heteroatoms. The molecular formula is C24H26N2O6S. The summed E-state index contributed by atoms with van der Waals surface area (Å²) < 4.78 is 44.2. The highest BCUT2D eigenvalue weighted by Crippen LogP contribution is 2.30. The molecule has 0 radical (unpaired) electrons. The molecule has 0 spiro atoms. The molecule has 3 rings (SSSR count). The number of rotatable bonds is 9. The van der Waals surface area contributed by atoms with Crippen LogP contribution < -0.4 is 24.2 Å². The molecule has 0 heterocycles. The molecule has 0 fully saturated rings. The number of carbonyl (C=O) groups excluding carboxylic acids is 1. The number of ether oxygens (including phenoxy) is 3. The highest BCUT2D eigenvalue weighted by Gasteiger charge is 2.20. The van der Waals surface area contributed by atoms with E-state index in [0.29, 0.717) is 28.5 Å². The summed E-state index contributed by atoms with van der Waals surface area (Å²) >= 11 is 0. The molecule has 2 N–H and O–H groups in total. The summed E-state index contributed by atoms with van der Waals surface area (Å²) in [7, 11) is 0.678. The third-order valence-electron chi connectivity index (χ3n) is 5.01. The molecule has 0 unspecified atom stereocenters. The standard InChI is InChI=1S/C24H26N2O6S/c1-16-8-9-17(24(27)25-15-18-6-5-7-21(31-3)23(18)32-4)14-22(16)33(28,29)26-19-10-12-20(30-2)13-11-19/h5-14,26H,15H2,1-4H3,(H,25,27). The van der Waals surface area contributed by atoms with Crippen LogP contribution in [0.3, 0.4) is 0 Å². The molecule has 0 aromatic heterocycles. The topological polar surface area (TPSA) is 103 Å². The third kappa shape index (κ3) is 5.56. The number of nitrogens with one attached hydrogen (secondary N) is 2. The summed E-state index contributed by atoms with van der Waals surface area (Å²) in [5, 5.41) is 2.80. The second-order valence-electron chi connectivity index (χ2n) is 7.15. The van der Waals surface area contributed by atoms with Gasteiger partial charge in [-0.25, -0.2) is 8.42 Å². The van der Waals surface area contributed by atoms with Gasteiger partial charge in [-0.3, -0.25) is 9.52 Å². The lowest BCUT2D eigenvalue weighted by atomic mass is 10.1. The number of amides is 1. The smallest absolute Gasteiger partial charge is 0.262 e. The van der Waals surface area contributed by atoms with Crippen molar-refractivity contribution in [1.82, 2.24) is 5.32 Å². The third-order valence-corrected chi connectivity index (χ3v) is 6.53. The van der Waals surface area contributed by atoms with Crippen molar-refractivity contribution in [1.29, 1.82) is 0 Å². The Balaban J connectivity index is 1.79. The van der Waals surface area contributed by atoms with Crippen molar-refractivity contribution in [3.05, 3.63) is 77.4 Å². The predicted molar refractivity (Wildman–Crippen MR) is 126 cm³/mol. The Kier molecular flexibility index (Phi) is 7.44. The lowest BCUT2D eigenvalue weighted by Gasteiger charge is -2.14. The molecule has 0 aliphatic heterocycles. The van der Waals surface area contributed by atoms with Crippen LogP contribution in [-0.4, -0.2) is 35.7 Å². The fourth-order valence-corrected chi connectivity index (χ4v) is 4.60. The summed E-state index contributed by atoms with van der Waals surface area (Å²) in [5.41, 5.74) is 1.85. The Morgan fingerprint density at radius 1 is 0.909 bits per heavy atom. The second-order valence-corrected chi connectivity index (χ2v) is 8.80. The van der Waals surface area contributed by atoms with E-state index in [1.807, 2.05) is 6.07 Å². The number of methoxy groups -OCH3 is 3. The molecule has 33 heavy (non-hydrogen) atoms. The van der Waals surface area contributed by atoms with Crippen molar-refractivity contribution in [2.45, 2.75) is 18.4 Å². The number of benzene rings is 3. The fraction of sp³-hybridized carbons (Fsp3) is 0.208. The zero-order valence-corrected chi connectivity index (χ0v) is 19.7. The Bertz CT molecular complexity index is 1240. The van der Waals surface area contributed by atoms with E-state index in [9.17, 15) is 13.2 Å². The zero-order chi connectivity index (χ0) is 24.0. The lowest BCUT2D eigenvalue weighted by Crippen LogP contribution is -2.24. The van der Waals surface area contributed by atoms with Crippen LogP contribution in [0.1, 0.15) is 21.5 Å². The first kappa shape index (κ1) is 23.9. The number of anilines is 1. The van der Waals surface area contributed by atoms with Crippen LogP contribution in [0.5, 0.6) is 17.2 Å². The highest BCUT2D eigenvalue weighted by molar-refractivity contribution is 7.92. The van der Waals surface area contributed by atoms with Gasteiger partial charge in [0.25, 0.3) is 15.9 Å². The number of hydrogen-bond acceptors (Lipinski definition) is 6. The van der Waals surface area contributed by atoms with Crippen LogP contribution in [0.15, 0.2) is 65.6 Å². The second kappa shape index (κ2) is 10.3. The van der Waals surface area contributed by atoms with Crippen LogP contribution in [-0.2, 0) is 16.6 Å². The van der Waals surface area contributed by atoms with Gasteiger partial charge in [-0.1, -0.05) is 18.2 Å². The first-order valence-electron chi connectivity index (χ1n) is 10.0. The molecule has 0 aliphatic rings. The summed E-state index contributed by atoms with van der Waals surface area (Å²) in [6, 6.07) is 16.4. The summed E-state index contributed by atoms with van der Waals surface area (Å²) in [6.45, 7) is 1.85. The van der Waals surface area contributed by atoms with E-state index in [1.165, 1.54) is 27.4 Å². The first-order valence-corrected chi connectivity index (χ1v) is 11.5. The average Bonchev–Trinajstić information content (AvgIpc) is 2.82. The molecule has 0 saturated heterocycles. The van der Waals surface area contributed by atoms with Gasteiger partial charge in [0.1, 0.15) is 5.75 Å². The van der Waals surface area contributed by atoms with Gasteiger partial charge >= 0.3 is 0 Å². The summed E-state index contributed by atoms with van der Waals surface area (Å²) in [5.74, 6) is 1.27. The molecule has 0 saturated carbocycles. The van der Waals surface area contributed by atoms with Crippen molar-refractivity contribution in [3.63, 3.8) is 0 Å². The number of carbonyl (C=O) groups is 1. The van der Waals surface area contributed by atoms with Crippen LogP contribution in [0.25, 0.3) is 0 Å². The minimum Gasteiger partial charge on any atom is -0.497 e. The molecule has 3 aromatic carbocycles. The fourth-order valence-electron chi connectivity index (χ4n) is 3.27. The normalized spacial score (nSPS) is 10.9. The monoisotopic (exact) mass is 470 g/mol. The van der Waals surface area contributed by atoms with Gasteiger partial charge in [-0.15, -0.1) is 0 Å². The van der Waals surface area contributed by atoms with E-state index in [1.54, 1.807) is 55.5 Å². The van der Waals surface area contributed by atoms with Gasteiger partial charge in [-0.2, -0.15) is 0 Å². The molecule has 0 aliphatic carbocycles. The maximum Gasteiger partial charge on any atom is 0.262 e. The number of aryl methyl sites for hydroxylation is 1. The van der Waals surface area contributed by atoms with Gasteiger partial charge in [0.15, 0.2) is 11.5 Å². The Hall–Kier alpha value is -3.72. The van der Waals surface area contributed by atoms with Crippen LogP contribution >= 0.6 is 0 Å². The average molecular weight is 471 g/mol. The molecule has 1 amide bonds. The largest absolute Gasteiger partial charge is 0.497 e. The van der Waals surface area contributed by atoms with Crippen molar-refractivity contribution >= 4 is 21.6 Å². The van der Waals surface area contributed by atoms with E-state index in [2.05, 4.69) is 10.0 Å². The van der Waals surface area contributed by atoms with Crippen molar-refractivity contribution in [2.24, 2.45) is 0 Å². The maximum atomic E-state index is 13.0. The van der Waals surface area contributed by atoms with Gasteiger partial charge in [0, 0.05) is 23.4 Å². The molecule has 0 atom stereocenters. The van der Waals surface area contributed by atoms with E-state index in [4.69, 9.17) is 14.2 Å². The zero-order valence-electron chi connectivity index (χ0n) is 18.8. The highest BCUT2D eigenvalue weighted by atomic mass is 32.2. The predicted octanol–water partition coefficient (Wildman–Crippen LogP) is 3.75. The van der Waals surface area contributed by atoms with Gasteiger partial charge in [0.2, 0.25) is 0 Å². The maximum absolute atomic E-state index is 13.0. The molecule has 8 nitrogen and oxygen atoms in total. The number of para-hydroxylation sites is 1. The Labute approximate surface area is 193 Å². The van der Waals surface area contributed by atoms with Gasteiger partial charge in [-0.05, 0) is 55.0 Å². The molecular weight excluding hydrogens is 444 g/mol. The minimum absolute atomic E-state index is 0.0185. The Morgan fingerprint density at radius 3 is 2.27 bits per heavy atom. The van der Waals surface area contributed by atoms with Crippen LogP contribution in [0, 0.1) is 6.92 Å². The summed E-state index contributed by atoms with van der Waals surface area (Å²) in [4.78, 5) is 12.8. The minimum atomic E-state index is -3.91. The molecule has 3 aromatic rings. The van der Waals surface area contributed by atoms with Gasteiger partial charge in [0.05, 0.1) is 26.2 Å². The molecule has 0 bridgehead atoms. The van der Waals surface area contributed by atoms with E-state index < -0.39 is 15.9 Å². The van der Waals surface area contributed by atoms with Crippen molar-refractivity contribution < 1.29 is 27.4 Å². The summed E-state index contributed by atoms with van der Waals surface area (Å²) in [6.07, 6.45) is 0. The van der Waals surface area contributed by atoms with Crippen LogP contribution in [0.4, 0.5) is 5.69 Å². The van der Waals surface area contributed by atoms with E-state index >= 15 is 0 Å². The molecule has 174 valence electrons. The van der Waals surface area contributed by atoms with E-state index in [-0.39, 0.29) is 17.0 Å². The van der Waals surface area contributed by atoms with Gasteiger partial charge < -0.3 is 19.5 Å². The first-order chi connectivity index (χ1) is 15.8. The number of hydrogen-bond donors (Lipinski definition) is 2. The Morgan fingerprint density at radius 2 is 1.64 bits per heavy atom.